The van der Waals surface area contributed by atoms with Gasteiger partial charge in [0.05, 0.1) is 6.10 Å². The summed E-state index contributed by atoms with van der Waals surface area (Å²) in [5.74, 6) is -5.51. The van der Waals surface area contributed by atoms with Crippen LogP contribution in [0, 0.1) is 0 Å². The van der Waals surface area contributed by atoms with Gasteiger partial charge in [0.15, 0.2) is 0 Å². The van der Waals surface area contributed by atoms with Gasteiger partial charge in [-0.25, -0.2) is 9.59 Å². The number of aliphatic hydroxyl groups excluding tert-OH is 1. The van der Waals surface area contributed by atoms with Crippen molar-refractivity contribution in [1.29, 1.82) is 0 Å². The zero-order valence-electron chi connectivity index (χ0n) is 15.4. The summed E-state index contributed by atoms with van der Waals surface area (Å²) in [6.07, 6.45) is -3.21. The summed E-state index contributed by atoms with van der Waals surface area (Å²) in [4.78, 5) is 20.3. The Bertz CT molecular complexity index is 521. The van der Waals surface area contributed by atoms with Crippen molar-refractivity contribution in [3.63, 3.8) is 0 Å². The number of halogens is 6. The van der Waals surface area contributed by atoms with Gasteiger partial charge in [0.25, 0.3) is 0 Å². The maximum atomic E-state index is 10.6. The molecule has 2 rings (SSSR count). The predicted octanol–water partition coefficient (Wildman–Crippen LogP) is 2.02. The van der Waals surface area contributed by atoms with Crippen LogP contribution in [0.3, 0.4) is 0 Å². The van der Waals surface area contributed by atoms with E-state index in [1.807, 2.05) is 0 Å². The van der Waals surface area contributed by atoms with Crippen molar-refractivity contribution in [3.8, 4) is 0 Å². The summed E-state index contributed by atoms with van der Waals surface area (Å²) in [6.45, 7) is 5.30. The van der Waals surface area contributed by atoms with Crippen molar-refractivity contribution in [3.05, 3.63) is 11.6 Å². The zero-order chi connectivity index (χ0) is 22.7. The lowest BCUT2D eigenvalue weighted by atomic mass is 10.0. The molecule has 2 saturated heterocycles. The Morgan fingerprint density at radius 1 is 1.00 bits per heavy atom. The Kier molecular flexibility index (Phi) is 11.8. The quantitative estimate of drug-likeness (QED) is 0.386. The third-order valence-electron chi connectivity index (χ3n) is 3.90. The third-order valence-corrected chi connectivity index (χ3v) is 3.90. The highest BCUT2D eigenvalue weighted by molar-refractivity contribution is 5.73. The normalized spacial score (nSPS) is 22.0. The number of hydrogen-bond donors (Lipinski definition) is 4. The van der Waals surface area contributed by atoms with E-state index in [0.717, 1.165) is 26.1 Å². The predicted molar refractivity (Wildman–Crippen MR) is 89.2 cm³/mol. The number of aliphatic hydroxyl groups is 1. The molecular weight excluding hydrogens is 414 g/mol. The van der Waals surface area contributed by atoms with Crippen molar-refractivity contribution < 1.29 is 51.3 Å². The second-order valence-corrected chi connectivity index (χ2v) is 6.23. The average molecular weight is 438 g/mol. The van der Waals surface area contributed by atoms with Crippen LogP contribution in [-0.2, 0) is 9.59 Å². The van der Waals surface area contributed by atoms with Crippen molar-refractivity contribution in [1.82, 2.24) is 10.2 Å². The second-order valence-electron chi connectivity index (χ2n) is 6.23. The number of piperidine rings is 2. The first-order chi connectivity index (χ1) is 13.2. The van der Waals surface area contributed by atoms with Crippen LogP contribution >= 0.6 is 0 Å². The molecule has 0 spiro atoms. The summed E-state index contributed by atoms with van der Waals surface area (Å²) >= 11 is 0. The summed E-state index contributed by atoms with van der Waals surface area (Å²) in [5, 5.41) is 27.3. The minimum absolute atomic E-state index is 0.198. The van der Waals surface area contributed by atoms with E-state index >= 15 is 0 Å². The highest BCUT2D eigenvalue weighted by Crippen LogP contribution is 2.14. The summed E-state index contributed by atoms with van der Waals surface area (Å²) < 4.78 is 63.5. The van der Waals surface area contributed by atoms with Crippen LogP contribution in [-0.4, -0.2) is 83.3 Å². The highest BCUT2D eigenvalue weighted by atomic mass is 19.4. The molecule has 2 fully saturated rings. The van der Waals surface area contributed by atoms with Gasteiger partial charge < -0.3 is 20.6 Å². The second kappa shape index (κ2) is 12.6. The van der Waals surface area contributed by atoms with E-state index in [9.17, 15) is 31.4 Å². The molecule has 0 aromatic heterocycles. The number of rotatable bonds is 2. The van der Waals surface area contributed by atoms with Gasteiger partial charge in [-0.1, -0.05) is 12.5 Å². The molecule has 0 bridgehead atoms. The molecule has 2 aliphatic heterocycles. The topological polar surface area (TPSA) is 110 Å². The average Bonchev–Trinajstić information content (AvgIpc) is 2.61. The smallest absolute Gasteiger partial charge is 0.475 e. The number of nitrogens with one attached hydrogen (secondary N) is 1. The minimum atomic E-state index is -5.08. The molecule has 0 aromatic carbocycles. The van der Waals surface area contributed by atoms with Gasteiger partial charge in [-0.15, -0.1) is 0 Å². The lowest BCUT2D eigenvalue weighted by molar-refractivity contribution is -0.193. The van der Waals surface area contributed by atoms with Gasteiger partial charge in [0, 0.05) is 13.1 Å². The van der Waals surface area contributed by atoms with E-state index in [2.05, 4.69) is 16.3 Å². The largest absolute Gasteiger partial charge is 0.490 e. The maximum Gasteiger partial charge on any atom is 0.490 e. The lowest BCUT2D eigenvalue weighted by Crippen LogP contribution is -2.35. The molecule has 0 aliphatic carbocycles. The van der Waals surface area contributed by atoms with E-state index in [0.29, 0.717) is 0 Å². The van der Waals surface area contributed by atoms with Crippen LogP contribution in [0.15, 0.2) is 11.6 Å². The molecule has 0 saturated carbocycles. The molecule has 2 aliphatic rings. The molecular formula is C16H24F6N2O5. The number of aliphatic carboxylic acids is 2. The van der Waals surface area contributed by atoms with E-state index in [1.165, 1.54) is 37.9 Å². The Morgan fingerprint density at radius 3 is 1.83 bits per heavy atom. The number of alkyl halides is 6. The molecule has 2 heterocycles. The van der Waals surface area contributed by atoms with Crippen LogP contribution in [0.4, 0.5) is 26.3 Å². The minimum Gasteiger partial charge on any atom is -0.475 e. The van der Waals surface area contributed by atoms with E-state index < -0.39 is 24.3 Å². The lowest BCUT2D eigenvalue weighted by Gasteiger charge is -2.27. The third kappa shape index (κ3) is 13.1. The molecule has 13 heteroatoms. The number of carboxylic acid groups (broad SMARTS) is 2. The summed E-state index contributed by atoms with van der Waals surface area (Å²) in [5.41, 5.74) is 1.19. The fraction of sp³-hybridized carbons (Fsp3) is 0.750. The van der Waals surface area contributed by atoms with Gasteiger partial charge >= 0.3 is 24.3 Å². The molecule has 0 amide bonds. The number of hydrogen-bond acceptors (Lipinski definition) is 5. The standard InChI is InChI=1S/C12H22N2O.2C2HF3O2/c15-12-4-6-13-10-11(12)5-9-14-7-2-1-3-8-14;2*3-2(4,5)1(6)7/h5,12-13,15H,1-4,6-10H2;2*(H,6,7)/b11-5+;;. The number of likely N-dealkylation sites (tertiary alicyclic amines) is 1. The molecule has 170 valence electrons. The van der Waals surface area contributed by atoms with Crippen LogP contribution in [0.5, 0.6) is 0 Å². The Morgan fingerprint density at radius 2 is 1.45 bits per heavy atom. The van der Waals surface area contributed by atoms with Crippen molar-refractivity contribution >= 4 is 11.9 Å². The van der Waals surface area contributed by atoms with Gasteiger partial charge in [0.1, 0.15) is 0 Å². The maximum absolute atomic E-state index is 10.6. The monoisotopic (exact) mass is 438 g/mol. The van der Waals surface area contributed by atoms with Crippen LogP contribution in [0.2, 0.25) is 0 Å². The van der Waals surface area contributed by atoms with Gasteiger partial charge in [-0.3, -0.25) is 4.90 Å². The molecule has 1 atom stereocenters. The number of nitrogens with zero attached hydrogens (tertiary/aromatic N) is 1. The van der Waals surface area contributed by atoms with Crippen LogP contribution in [0.1, 0.15) is 25.7 Å². The van der Waals surface area contributed by atoms with E-state index in [-0.39, 0.29) is 6.10 Å². The molecule has 0 radical (unpaired) electrons. The van der Waals surface area contributed by atoms with E-state index in [1.54, 1.807) is 0 Å². The summed E-state index contributed by atoms with van der Waals surface area (Å²) in [7, 11) is 0. The van der Waals surface area contributed by atoms with Gasteiger partial charge in [-0.05, 0) is 44.5 Å². The first-order valence-corrected chi connectivity index (χ1v) is 8.65. The SMILES string of the molecule is O=C(O)C(F)(F)F.O=C(O)C(F)(F)F.OC1CCNC/C1=C\CN1CCCCC1. The van der Waals surface area contributed by atoms with Gasteiger partial charge in [0.2, 0.25) is 0 Å². The first-order valence-electron chi connectivity index (χ1n) is 8.65. The Balaban J connectivity index is 0.000000473. The molecule has 7 nitrogen and oxygen atoms in total. The van der Waals surface area contributed by atoms with Crippen LogP contribution < -0.4 is 5.32 Å². The first kappa shape index (κ1) is 27.1. The van der Waals surface area contributed by atoms with Crippen molar-refractivity contribution in [2.24, 2.45) is 0 Å². The fourth-order valence-corrected chi connectivity index (χ4v) is 2.37. The molecule has 1 unspecified atom stereocenters. The molecule has 29 heavy (non-hydrogen) atoms. The van der Waals surface area contributed by atoms with Crippen molar-refractivity contribution in [2.75, 3.05) is 32.7 Å². The fourth-order valence-electron chi connectivity index (χ4n) is 2.37. The Labute approximate surface area is 163 Å². The molecule has 0 aromatic rings. The van der Waals surface area contributed by atoms with Crippen LogP contribution in [0.25, 0.3) is 0 Å². The molecule has 4 N–H and O–H groups in total. The summed E-state index contributed by atoms with van der Waals surface area (Å²) in [6, 6.07) is 0. The number of carboxylic acids is 2. The highest BCUT2D eigenvalue weighted by Gasteiger charge is 2.38. The van der Waals surface area contributed by atoms with Gasteiger partial charge in [-0.2, -0.15) is 26.3 Å². The van der Waals surface area contributed by atoms with Crippen molar-refractivity contribution in [2.45, 2.75) is 44.1 Å². The Hall–Kier alpha value is -1.86. The number of carbonyl (C=O) groups is 2. The zero-order valence-corrected chi connectivity index (χ0v) is 15.4. The van der Waals surface area contributed by atoms with E-state index in [4.69, 9.17) is 19.8 Å².